The topological polar surface area (TPSA) is 113 Å². The van der Waals surface area contributed by atoms with Crippen LogP contribution < -0.4 is 9.47 Å². The van der Waals surface area contributed by atoms with Crippen LogP contribution in [0.5, 0.6) is 11.5 Å². The normalized spacial score (nSPS) is 22.2. The standard InChI is InChI=1S/C17H17FN3OS.C8H4F2O4/c1-9-20-15(16(23-9)10-3-2-4-12(18)5-10)17(22)21-13(8-19)6-11-7-14(11)21;9-8(10)13-5-3-1-2-4(7(11)12)6(5)14-8/h2-5,11,13-14,19H,6-8H2,1H3;1-3H,(H,11,12)/q-1;/t11-,13+,14+;/m1./s1. The number of carbonyl (C=O) groups excluding carboxylic acids is 1. The maximum Gasteiger partial charge on any atom is 0.586 e. The molecule has 194 valence electrons. The van der Waals surface area contributed by atoms with Gasteiger partial charge in [0.25, 0.3) is 5.91 Å². The maximum atomic E-state index is 13.5. The molecule has 0 bridgehead atoms. The molecular formula is C25H21F3N3O5S-. The first-order valence-corrected chi connectivity index (χ1v) is 12.2. The number of aromatic carboxylic acids is 1. The van der Waals surface area contributed by atoms with Gasteiger partial charge in [-0.2, -0.15) is 0 Å². The first-order valence-electron chi connectivity index (χ1n) is 11.4. The van der Waals surface area contributed by atoms with Crippen LogP contribution in [0.4, 0.5) is 13.2 Å². The number of para-hydroxylation sites is 1. The number of carbonyl (C=O) groups is 2. The minimum Gasteiger partial charge on any atom is -0.676 e. The number of thiazole rings is 1. The highest BCUT2D eigenvalue weighted by Crippen LogP contribution is 2.49. The van der Waals surface area contributed by atoms with Crippen molar-refractivity contribution in [1.29, 1.82) is 0 Å². The molecule has 1 saturated heterocycles. The summed E-state index contributed by atoms with van der Waals surface area (Å²) in [5.41, 5.74) is 8.43. The molecule has 6 rings (SSSR count). The van der Waals surface area contributed by atoms with Gasteiger partial charge < -0.3 is 25.2 Å². The molecule has 0 spiro atoms. The molecule has 3 aromatic rings. The van der Waals surface area contributed by atoms with Gasteiger partial charge in [-0.05, 0) is 55.5 Å². The minimum absolute atomic E-state index is 0.00591. The van der Waals surface area contributed by atoms with Crippen molar-refractivity contribution in [3.05, 3.63) is 70.3 Å². The molecule has 1 aliphatic carbocycles. The fraction of sp³-hybridized carbons (Fsp3) is 0.320. The Hall–Kier alpha value is -3.64. The van der Waals surface area contributed by atoms with E-state index in [-0.39, 0.29) is 41.7 Å². The van der Waals surface area contributed by atoms with Crippen LogP contribution in [0.25, 0.3) is 16.2 Å². The third-order valence-electron chi connectivity index (χ3n) is 6.36. The average Bonchev–Trinajstić information content (AvgIpc) is 3.17. The average molecular weight is 533 g/mol. The van der Waals surface area contributed by atoms with E-state index in [0.29, 0.717) is 17.2 Å². The number of amides is 1. The Balaban J connectivity index is 0.000000171. The number of ether oxygens (including phenoxy) is 2. The zero-order chi connectivity index (χ0) is 26.5. The van der Waals surface area contributed by atoms with E-state index in [9.17, 15) is 22.8 Å². The van der Waals surface area contributed by atoms with Gasteiger partial charge in [0, 0.05) is 12.1 Å². The maximum absolute atomic E-state index is 13.5. The highest BCUT2D eigenvalue weighted by molar-refractivity contribution is 7.15. The molecule has 2 fully saturated rings. The number of nitrogens with one attached hydrogen (secondary N) is 1. The van der Waals surface area contributed by atoms with E-state index in [4.69, 9.17) is 10.8 Å². The lowest BCUT2D eigenvalue weighted by Gasteiger charge is -2.29. The van der Waals surface area contributed by atoms with Gasteiger partial charge in [-0.25, -0.2) is 14.2 Å². The number of carboxylic acids is 1. The van der Waals surface area contributed by atoms with Crippen molar-refractivity contribution in [1.82, 2.24) is 9.88 Å². The van der Waals surface area contributed by atoms with Crippen LogP contribution in [0.1, 0.15) is 38.7 Å². The molecule has 1 amide bonds. The SMILES string of the molecule is Cc1nc(C(=O)N2[C@H](C[NH-])C[C@@H]3C[C@@H]32)c(-c2cccc(F)c2)s1.O=C(O)c1cccc2c1OC(F)(F)O2. The van der Waals surface area contributed by atoms with Gasteiger partial charge in [0.05, 0.1) is 9.88 Å². The summed E-state index contributed by atoms with van der Waals surface area (Å²) in [6, 6.07) is 10.2. The molecule has 0 unspecified atom stereocenters. The van der Waals surface area contributed by atoms with Gasteiger partial charge >= 0.3 is 12.3 Å². The smallest absolute Gasteiger partial charge is 0.586 e. The number of hydrogen-bond acceptors (Lipinski definition) is 6. The van der Waals surface area contributed by atoms with Crippen LogP contribution in [0.15, 0.2) is 42.5 Å². The van der Waals surface area contributed by atoms with E-state index in [1.807, 2.05) is 11.8 Å². The second-order valence-electron chi connectivity index (χ2n) is 8.90. The number of carboxylic acid groups (broad SMARTS) is 1. The van der Waals surface area contributed by atoms with E-state index >= 15 is 0 Å². The van der Waals surface area contributed by atoms with Crippen molar-refractivity contribution >= 4 is 23.2 Å². The number of aromatic nitrogens is 1. The molecule has 2 N–H and O–H groups in total. The van der Waals surface area contributed by atoms with Crippen molar-refractivity contribution < 1.29 is 37.3 Å². The largest absolute Gasteiger partial charge is 0.676 e. The third-order valence-corrected chi connectivity index (χ3v) is 7.38. The number of nitrogens with zero attached hydrogens (tertiary/aromatic N) is 2. The van der Waals surface area contributed by atoms with E-state index in [1.54, 1.807) is 12.1 Å². The first kappa shape index (κ1) is 25.0. The fourth-order valence-electron chi connectivity index (χ4n) is 4.71. The number of hydrogen-bond donors (Lipinski definition) is 1. The summed E-state index contributed by atoms with van der Waals surface area (Å²) in [6.45, 7) is 2.09. The molecule has 12 heteroatoms. The Morgan fingerprint density at radius 3 is 2.68 bits per heavy atom. The van der Waals surface area contributed by atoms with Crippen LogP contribution >= 0.6 is 11.3 Å². The van der Waals surface area contributed by atoms with Crippen LogP contribution in [0.2, 0.25) is 0 Å². The number of alkyl halides is 2. The zero-order valence-electron chi connectivity index (χ0n) is 19.4. The molecule has 2 aromatic carbocycles. The number of fused-ring (bicyclic) bond motifs is 2. The molecular weight excluding hydrogens is 511 g/mol. The summed E-state index contributed by atoms with van der Waals surface area (Å²) in [7, 11) is 0. The van der Waals surface area contributed by atoms with Crippen molar-refractivity contribution in [3.8, 4) is 21.9 Å². The highest BCUT2D eigenvalue weighted by atomic mass is 32.1. The minimum atomic E-state index is -3.78. The predicted molar refractivity (Wildman–Crippen MR) is 128 cm³/mol. The molecule has 3 heterocycles. The second kappa shape index (κ2) is 9.34. The van der Waals surface area contributed by atoms with Crippen LogP contribution in [0, 0.1) is 18.7 Å². The fourth-order valence-corrected chi connectivity index (χ4v) is 5.62. The van der Waals surface area contributed by atoms with Gasteiger partial charge in [0.1, 0.15) is 17.1 Å². The summed E-state index contributed by atoms with van der Waals surface area (Å²) >= 11 is 1.41. The Bertz CT molecular complexity index is 1380. The summed E-state index contributed by atoms with van der Waals surface area (Å²) in [4.78, 5) is 30.6. The Labute approximate surface area is 213 Å². The lowest BCUT2D eigenvalue weighted by Crippen LogP contribution is -2.40. The highest BCUT2D eigenvalue weighted by Gasteiger charge is 2.53. The van der Waals surface area contributed by atoms with Gasteiger partial charge in [-0.3, -0.25) is 4.79 Å². The molecule has 0 radical (unpaired) electrons. The first-order chi connectivity index (χ1) is 17.6. The number of rotatable bonds is 4. The summed E-state index contributed by atoms with van der Waals surface area (Å²) in [6.07, 6.45) is -1.81. The van der Waals surface area contributed by atoms with Crippen molar-refractivity contribution in [2.45, 2.75) is 38.1 Å². The van der Waals surface area contributed by atoms with E-state index in [1.165, 1.54) is 35.6 Å². The number of aryl methyl sites for hydroxylation is 1. The molecule has 1 aromatic heterocycles. The van der Waals surface area contributed by atoms with Crippen LogP contribution in [-0.2, 0) is 0 Å². The van der Waals surface area contributed by atoms with Gasteiger partial charge in [-0.15, -0.1) is 26.7 Å². The monoisotopic (exact) mass is 532 g/mol. The van der Waals surface area contributed by atoms with E-state index in [0.717, 1.165) is 28.8 Å². The van der Waals surface area contributed by atoms with Crippen LogP contribution in [-0.4, -0.2) is 51.8 Å². The molecule has 8 nitrogen and oxygen atoms in total. The van der Waals surface area contributed by atoms with E-state index < -0.39 is 18.0 Å². The second-order valence-corrected chi connectivity index (χ2v) is 10.1. The lowest BCUT2D eigenvalue weighted by molar-refractivity contribution is -0.286. The van der Waals surface area contributed by atoms with Gasteiger partial charge in [-0.1, -0.05) is 18.2 Å². The predicted octanol–water partition coefficient (Wildman–Crippen LogP) is 5.62. The Kier molecular flexibility index (Phi) is 6.32. The van der Waals surface area contributed by atoms with Crippen molar-refractivity contribution in [2.75, 3.05) is 6.54 Å². The number of likely N-dealkylation sites (tertiary alicyclic amines) is 1. The quantitative estimate of drug-likeness (QED) is 0.467. The Morgan fingerprint density at radius 1 is 1.22 bits per heavy atom. The molecule has 2 aliphatic heterocycles. The molecule has 1 saturated carbocycles. The summed E-state index contributed by atoms with van der Waals surface area (Å²) in [5.74, 6) is -1.91. The van der Waals surface area contributed by atoms with Gasteiger partial charge in [0.15, 0.2) is 11.5 Å². The summed E-state index contributed by atoms with van der Waals surface area (Å²) in [5, 5.41) is 9.43. The third kappa shape index (κ3) is 4.86. The Morgan fingerprint density at radius 2 is 1.97 bits per heavy atom. The van der Waals surface area contributed by atoms with Crippen LogP contribution in [0.3, 0.4) is 0 Å². The van der Waals surface area contributed by atoms with Crippen molar-refractivity contribution in [2.24, 2.45) is 5.92 Å². The van der Waals surface area contributed by atoms with E-state index in [2.05, 4.69) is 14.5 Å². The number of benzene rings is 2. The molecule has 3 atom stereocenters. The number of halogens is 3. The summed E-state index contributed by atoms with van der Waals surface area (Å²) < 4.78 is 46.7. The van der Waals surface area contributed by atoms with Gasteiger partial charge in [0.2, 0.25) is 0 Å². The zero-order valence-corrected chi connectivity index (χ0v) is 20.2. The lowest BCUT2D eigenvalue weighted by atomic mass is 10.1. The molecule has 37 heavy (non-hydrogen) atoms. The number of piperidine rings is 1. The van der Waals surface area contributed by atoms with Crippen molar-refractivity contribution in [3.63, 3.8) is 0 Å². The molecule has 3 aliphatic rings.